The van der Waals surface area contributed by atoms with Crippen LogP contribution in [0.2, 0.25) is 0 Å². The largest absolute Gasteiger partial charge is 0.392 e. The molecule has 206 valence electrons. The van der Waals surface area contributed by atoms with E-state index in [1.54, 1.807) is 12.1 Å². The van der Waals surface area contributed by atoms with Gasteiger partial charge in [-0.2, -0.15) is 0 Å². The van der Waals surface area contributed by atoms with E-state index in [1.165, 1.54) is 12.1 Å². The molecule has 7 atom stereocenters. The molecule has 9 heteroatoms. The average Bonchev–Trinajstić information content (AvgIpc) is 2.86. The molecular formula is C28H43FN4O4. The first-order chi connectivity index (χ1) is 17.7. The fourth-order valence-corrected chi connectivity index (χ4v) is 6.92. The van der Waals surface area contributed by atoms with Crippen LogP contribution in [-0.4, -0.2) is 73.5 Å². The number of hydrogen-bond donors (Lipinski definition) is 4. The number of aliphatic hydroxyl groups excluding tert-OH is 1. The van der Waals surface area contributed by atoms with Gasteiger partial charge in [-0.05, 0) is 67.1 Å². The molecule has 1 saturated heterocycles. The molecule has 2 saturated carbocycles. The van der Waals surface area contributed by atoms with Gasteiger partial charge in [-0.15, -0.1) is 0 Å². The van der Waals surface area contributed by atoms with Crippen molar-refractivity contribution < 1.29 is 23.8 Å². The standard InChI is InChI=1S/C28H43FN4O4/c1-18(26(35)30-11-12-33-13-15-37-16-14-33)22-7-9-28(3)10-8-23(19(2)24(28)25(22)34)32-27(36)31-21-6-4-5-20(29)17-21/h4-6,17-19,22-25,34H,7-16H2,1-3H3,(H,30,35)(H2,31,32,36). The Kier molecular flexibility index (Phi) is 9.08. The molecule has 3 aliphatic rings. The van der Waals surface area contributed by atoms with Crippen LogP contribution in [0.3, 0.4) is 0 Å². The highest BCUT2D eigenvalue weighted by Crippen LogP contribution is 2.55. The van der Waals surface area contributed by atoms with Gasteiger partial charge >= 0.3 is 6.03 Å². The van der Waals surface area contributed by atoms with Crippen LogP contribution in [0.15, 0.2) is 24.3 Å². The Morgan fingerprint density at radius 3 is 2.70 bits per heavy atom. The lowest BCUT2D eigenvalue weighted by Gasteiger charge is -2.56. The molecule has 0 spiro atoms. The number of fused-ring (bicyclic) bond motifs is 1. The van der Waals surface area contributed by atoms with E-state index in [-0.39, 0.29) is 47.1 Å². The first-order valence-corrected chi connectivity index (χ1v) is 13.8. The quantitative estimate of drug-likeness (QED) is 0.444. The summed E-state index contributed by atoms with van der Waals surface area (Å²) in [7, 11) is 0. The zero-order valence-corrected chi connectivity index (χ0v) is 22.3. The van der Waals surface area contributed by atoms with Crippen molar-refractivity contribution in [3.05, 3.63) is 30.1 Å². The average molecular weight is 519 g/mol. The molecule has 8 nitrogen and oxygen atoms in total. The molecule has 7 unspecified atom stereocenters. The number of hydrogen-bond acceptors (Lipinski definition) is 5. The molecule has 2 aliphatic carbocycles. The molecular weight excluding hydrogens is 475 g/mol. The number of carbonyl (C=O) groups excluding carboxylic acids is 2. The third-order valence-electron chi connectivity index (χ3n) is 9.17. The third-order valence-corrected chi connectivity index (χ3v) is 9.17. The van der Waals surface area contributed by atoms with Crippen LogP contribution < -0.4 is 16.0 Å². The van der Waals surface area contributed by atoms with E-state index in [4.69, 9.17) is 4.74 Å². The molecule has 1 aliphatic heterocycles. The van der Waals surface area contributed by atoms with Crippen molar-refractivity contribution in [1.82, 2.24) is 15.5 Å². The normalized spacial score (nSPS) is 33.2. The second-order valence-corrected chi connectivity index (χ2v) is 11.5. The second-order valence-electron chi connectivity index (χ2n) is 11.5. The Balaban J connectivity index is 1.33. The summed E-state index contributed by atoms with van der Waals surface area (Å²) in [6, 6.07) is 5.33. The minimum Gasteiger partial charge on any atom is -0.392 e. The Bertz CT molecular complexity index is 943. The maximum atomic E-state index is 13.5. The number of benzene rings is 1. The van der Waals surface area contributed by atoms with E-state index in [1.807, 2.05) is 6.92 Å². The summed E-state index contributed by atoms with van der Waals surface area (Å²) < 4.78 is 18.9. The van der Waals surface area contributed by atoms with Gasteiger partial charge in [-0.3, -0.25) is 9.69 Å². The molecule has 4 rings (SSSR count). The third kappa shape index (κ3) is 6.62. The Morgan fingerprint density at radius 2 is 1.97 bits per heavy atom. The summed E-state index contributed by atoms with van der Waals surface area (Å²) in [5, 5.41) is 20.4. The molecule has 1 aromatic carbocycles. The van der Waals surface area contributed by atoms with Crippen molar-refractivity contribution in [2.45, 2.75) is 58.6 Å². The van der Waals surface area contributed by atoms with Gasteiger partial charge in [0, 0.05) is 43.8 Å². The Labute approximate surface area is 219 Å². The van der Waals surface area contributed by atoms with Gasteiger partial charge in [0.1, 0.15) is 5.82 Å². The lowest BCUT2D eigenvalue weighted by atomic mass is 9.52. The molecule has 0 aromatic heterocycles. The van der Waals surface area contributed by atoms with Crippen LogP contribution in [0.25, 0.3) is 0 Å². The molecule has 0 bridgehead atoms. The number of rotatable bonds is 7. The number of amides is 3. The number of nitrogens with zero attached hydrogens (tertiary/aromatic N) is 1. The van der Waals surface area contributed by atoms with Crippen LogP contribution in [0.1, 0.15) is 46.5 Å². The van der Waals surface area contributed by atoms with Gasteiger partial charge in [0.25, 0.3) is 0 Å². The number of aliphatic hydroxyl groups is 1. The highest BCUT2D eigenvalue weighted by molar-refractivity contribution is 5.89. The fraction of sp³-hybridized carbons (Fsp3) is 0.714. The van der Waals surface area contributed by atoms with E-state index in [0.29, 0.717) is 12.2 Å². The highest BCUT2D eigenvalue weighted by atomic mass is 19.1. The maximum Gasteiger partial charge on any atom is 0.319 e. The lowest BCUT2D eigenvalue weighted by molar-refractivity contribution is -0.141. The number of morpholine rings is 1. The minimum absolute atomic E-state index is 0.00600. The summed E-state index contributed by atoms with van der Waals surface area (Å²) in [6.07, 6.45) is 2.87. The first-order valence-electron chi connectivity index (χ1n) is 13.8. The van der Waals surface area contributed by atoms with Gasteiger partial charge < -0.3 is 25.8 Å². The number of carbonyl (C=O) groups is 2. The van der Waals surface area contributed by atoms with Gasteiger partial charge in [-0.25, -0.2) is 9.18 Å². The summed E-state index contributed by atoms with van der Waals surface area (Å²) in [4.78, 5) is 28.0. The fourth-order valence-electron chi connectivity index (χ4n) is 6.92. The van der Waals surface area contributed by atoms with E-state index >= 15 is 0 Å². The Hall–Kier alpha value is -2.23. The number of halogens is 1. The van der Waals surface area contributed by atoms with Gasteiger partial charge in [0.2, 0.25) is 5.91 Å². The minimum atomic E-state index is -0.621. The van der Waals surface area contributed by atoms with E-state index < -0.39 is 11.9 Å². The molecule has 1 aromatic rings. The topological polar surface area (TPSA) is 103 Å². The smallest absolute Gasteiger partial charge is 0.319 e. The monoisotopic (exact) mass is 518 g/mol. The summed E-state index contributed by atoms with van der Waals surface area (Å²) in [5.74, 6) is -0.817. The van der Waals surface area contributed by atoms with Crippen LogP contribution in [0, 0.1) is 34.9 Å². The number of urea groups is 1. The summed E-state index contributed by atoms with van der Waals surface area (Å²) in [6.45, 7) is 10.9. The van der Waals surface area contributed by atoms with Crippen molar-refractivity contribution in [2.75, 3.05) is 44.7 Å². The predicted octanol–water partition coefficient (Wildman–Crippen LogP) is 3.22. The summed E-state index contributed by atoms with van der Waals surface area (Å²) in [5.41, 5.74) is 0.371. The van der Waals surface area contributed by atoms with Gasteiger partial charge in [0.15, 0.2) is 0 Å². The maximum absolute atomic E-state index is 13.5. The zero-order chi connectivity index (χ0) is 26.6. The van der Waals surface area contributed by atoms with Gasteiger partial charge in [-0.1, -0.05) is 26.8 Å². The molecule has 37 heavy (non-hydrogen) atoms. The van der Waals surface area contributed by atoms with Crippen molar-refractivity contribution in [1.29, 1.82) is 0 Å². The lowest BCUT2D eigenvalue weighted by Crippen LogP contribution is -2.59. The highest BCUT2D eigenvalue weighted by Gasteiger charge is 2.53. The van der Waals surface area contributed by atoms with Crippen LogP contribution in [0.5, 0.6) is 0 Å². The molecule has 0 radical (unpaired) electrons. The zero-order valence-electron chi connectivity index (χ0n) is 22.3. The van der Waals surface area contributed by atoms with Crippen molar-refractivity contribution in [2.24, 2.45) is 29.1 Å². The molecule has 3 amide bonds. The molecule has 4 N–H and O–H groups in total. The molecule has 1 heterocycles. The van der Waals surface area contributed by atoms with Crippen molar-refractivity contribution in [3.8, 4) is 0 Å². The second kappa shape index (κ2) is 12.1. The summed E-state index contributed by atoms with van der Waals surface area (Å²) >= 11 is 0. The van der Waals surface area contributed by atoms with Crippen LogP contribution >= 0.6 is 0 Å². The number of ether oxygens (including phenoxy) is 1. The SMILES string of the molecule is CC(C(=O)NCCN1CCOCC1)C1CCC2(C)CCC(NC(=O)Nc3cccc(F)c3)C(C)C2C1O. The van der Waals surface area contributed by atoms with Crippen molar-refractivity contribution >= 4 is 17.6 Å². The van der Waals surface area contributed by atoms with Crippen molar-refractivity contribution in [3.63, 3.8) is 0 Å². The number of nitrogens with one attached hydrogen (secondary N) is 3. The number of anilines is 1. The predicted molar refractivity (Wildman–Crippen MR) is 141 cm³/mol. The van der Waals surface area contributed by atoms with Crippen LogP contribution in [-0.2, 0) is 9.53 Å². The van der Waals surface area contributed by atoms with E-state index in [9.17, 15) is 19.1 Å². The van der Waals surface area contributed by atoms with Crippen LogP contribution in [0.4, 0.5) is 14.9 Å². The first kappa shape index (κ1) is 27.8. The molecule has 3 fully saturated rings. The van der Waals surface area contributed by atoms with Gasteiger partial charge in [0.05, 0.1) is 19.3 Å². The van der Waals surface area contributed by atoms with E-state index in [2.05, 4.69) is 34.7 Å². The Morgan fingerprint density at radius 1 is 1.24 bits per heavy atom. The van der Waals surface area contributed by atoms with E-state index in [0.717, 1.165) is 58.5 Å².